The Morgan fingerprint density at radius 2 is 2.25 bits per heavy atom. The molecule has 3 N–H and O–H groups in total. The third kappa shape index (κ3) is 3.46. The van der Waals surface area contributed by atoms with Crippen LogP contribution in [0.4, 0.5) is 5.13 Å². The predicted octanol–water partition coefficient (Wildman–Crippen LogP) is 2.61. The van der Waals surface area contributed by atoms with Crippen LogP contribution in [0.2, 0.25) is 0 Å². The summed E-state index contributed by atoms with van der Waals surface area (Å²) in [4.78, 5) is 5.73. The molecule has 1 heterocycles. The minimum atomic E-state index is 0.641. The molecule has 0 spiro atoms. The van der Waals surface area contributed by atoms with Crippen molar-refractivity contribution in [2.45, 2.75) is 52.5 Å². The maximum absolute atomic E-state index is 5.69. The zero-order valence-electron chi connectivity index (χ0n) is 10.5. The molecular formula is C12H23N3S. The lowest BCUT2D eigenvalue weighted by atomic mass is 9.98. The molecule has 4 heteroatoms. The molecule has 0 radical (unpaired) electrons. The fourth-order valence-corrected chi connectivity index (χ4v) is 2.88. The van der Waals surface area contributed by atoms with E-state index in [9.17, 15) is 0 Å². The number of hydrogen-bond acceptors (Lipinski definition) is 4. The van der Waals surface area contributed by atoms with Gasteiger partial charge in [-0.25, -0.2) is 4.98 Å². The van der Waals surface area contributed by atoms with Gasteiger partial charge in [-0.15, -0.1) is 11.3 Å². The molecule has 0 aliphatic heterocycles. The lowest BCUT2D eigenvalue weighted by Gasteiger charge is -2.21. The zero-order chi connectivity index (χ0) is 12.0. The maximum atomic E-state index is 5.69. The minimum absolute atomic E-state index is 0.641. The summed E-state index contributed by atoms with van der Waals surface area (Å²) >= 11 is 1.65. The Hall–Kier alpha value is -0.610. The number of thiazole rings is 1. The molecule has 0 saturated heterocycles. The standard InChI is InChI=1S/C10H17N3S.C2H6/c1-2-5-12-7-3-4-8-9(6-7)14-10(11)13-8;1-2/h7,12H,2-6H2,1H3,(H2,11,13);1-2H3. The molecule has 2 rings (SSSR count). The first-order valence-electron chi connectivity index (χ1n) is 6.27. The van der Waals surface area contributed by atoms with Crippen molar-refractivity contribution in [1.82, 2.24) is 10.3 Å². The van der Waals surface area contributed by atoms with Gasteiger partial charge in [0.2, 0.25) is 0 Å². The normalized spacial score (nSPS) is 18.6. The van der Waals surface area contributed by atoms with Gasteiger partial charge in [0.15, 0.2) is 5.13 Å². The Labute approximate surface area is 102 Å². The highest BCUT2D eigenvalue weighted by Crippen LogP contribution is 2.27. The quantitative estimate of drug-likeness (QED) is 0.855. The lowest BCUT2D eigenvalue weighted by molar-refractivity contribution is 0.460. The monoisotopic (exact) mass is 241 g/mol. The number of nitrogens with one attached hydrogen (secondary N) is 1. The molecule has 0 bridgehead atoms. The first-order valence-corrected chi connectivity index (χ1v) is 7.08. The molecule has 0 amide bonds. The van der Waals surface area contributed by atoms with E-state index in [0.29, 0.717) is 6.04 Å². The van der Waals surface area contributed by atoms with E-state index in [-0.39, 0.29) is 0 Å². The first-order chi connectivity index (χ1) is 7.79. The Morgan fingerprint density at radius 1 is 1.50 bits per heavy atom. The molecule has 1 aliphatic carbocycles. The Bertz CT molecular complexity index is 309. The molecule has 0 fully saturated rings. The van der Waals surface area contributed by atoms with Gasteiger partial charge >= 0.3 is 0 Å². The summed E-state index contributed by atoms with van der Waals surface area (Å²) in [6, 6.07) is 0.641. The second-order valence-electron chi connectivity index (χ2n) is 3.82. The molecule has 3 nitrogen and oxygen atoms in total. The predicted molar refractivity (Wildman–Crippen MR) is 72.0 cm³/mol. The topological polar surface area (TPSA) is 50.9 Å². The maximum Gasteiger partial charge on any atom is 0.180 e. The lowest BCUT2D eigenvalue weighted by Crippen LogP contribution is -2.34. The highest BCUT2D eigenvalue weighted by Gasteiger charge is 2.21. The Kier molecular flexibility index (Phi) is 5.77. The van der Waals surface area contributed by atoms with Crippen molar-refractivity contribution in [3.63, 3.8) is 0 Å². The smallest absolute Gasteiger partial charge is 0.180 e. The van der Waals surface area contributed by atoms with E-state index in [1.54, 1.807) is 11.3 Å². The van der Waals surface area contributed by atoms with Crippen LogP contribution < -0.4 is 11.1 Å². The molecular weight excluding hydrogens is 218 g/mol. The summed E-state index contributed by atoms with van der Waals surface area (Å²) < 4.78 is 0. The SMILES string of the molecule is CC.CCCNC1CCc2nc(N)sc2C1. The van der Waals surface area contributed by atoms with Crippen LogP contribution in [-0.2, 0) is 12.8 Å². The number of aromatic nitrogens is 1. The van der Waals surface area contributed by atoms with E-state index in [4.69, 9.17) is 5.73 Å². The van der Waals surface area contributed by atoms with Crippen molar-refractivity contribution >= 4 is 16.5 Å². The molecule has 16 heavy (non-hydrogen) atoms. The second kappa shape index (κ2) is 6.86. The van der Waals surface area contributed by atoms with Gasteiger partial charge in [0.25, 0.3) is 0 Å². The van der Waals surface area contributed by atoms with Gasteiger partial charge in [0.1, 0.15) is 0 Å². The second-order valence-corrected chi connectivity index (χ2v) is 4.93. The molecule has 1 aromatic heterocycles. The van der Waals surface area contributed by atoms with E-state index in [2.05, 4.69) is 17.2 Å². The van der Waals surface area contributed by atoms with Crippen LogP contribution in [-0.4, -0.2) is 17.6 Å². The molecule has 1 aliphatic rings. The molecule has 0 saturated carbocycles. The third-order valence-corrected chi connectivity index (χ3v) is 3.59. The van der Waals surface area contributed by atoms with E-state index >= 15 is 0 Å². The summed E-state index contributed by atoms with van der Waals surface area (Å²) in [5, 5.41) is 4.29. The van der Waals surface area contributed by atoms with Crippen molar-refractivity contribution in [3.8, 4) is 0 Å². The molecule has 0 aromatic carbocycles. The number of nitrogens with two attached hydrogens (primary N) is 1. The summed E-state index contributed by atoms with van der Waals surface area (Å²) in [5.74, 6) is 0. The number of anilines is 1. The number of aryl methyl sites for hydroxylation is 1. The average molecular weight is 241 g/mol. The van der Waals surface area contributed by atoms with Crippen molar-refractivity contribution in [2.75, 3.05) is 12.3 Å². The van der Waals surface area contributed by atoms with Gasteiger partial charge in [-0.05, 0) is 32.2 Å². The molecule has 1 unspecified atom stereocenters. The number of hydrogen-bond donors (Lipinski definition) is 2. The largest absolute Gasteiger partial charge is 0.375 e. The van der Waals surface area contributed by atoms with Gasteiger partial charge in [-0.2, -0.15) is 0 Å². The van der Waals surface area contributed by atoms with Crippen LogP contribution in [0.5, 0.6) is 0 Å². The summed E-state index contributed by atoms with van der Waals surface area (Å²) in [6.07, 6.45) is 4.61. The molecule has 1 aromatic rings. The van der Waals surface area contributed by atoms with Gasteiger partial charge in [0, 0.05) is 10.9 Å². The Balaban J connectivity index is 0.000000606. The third-order valence-electron chi connectivity index (χ3n) is 2.64. The van der Waals surface area contributed by atoms with Crippen LogP contribution >= 0.6 is 11.3 Å². The number of fused-ring (bicyclic) bond motifs is 1. The number of nitrogens with zero attached hydrogens (tertiary/aromatic N) is 1. The van der Waals surface area contributed by atoms with Crippen molar-refractivity contribution in [2.24, 2.45) is 0 Å². The van der Waals surface area contributed by atoms with Gasteiger partial charge in [0.05, 0.1) is 5.69 Å². The van der Waals surface area contributed by atoms with Crippen LogP contribution in [0.25, 0.3) is 0 Å². The van der Waals surface area contributed by atoms with Crippen molar-refractivity contribution in [1.29, 1.82) is 0 Å². The van der Waals surface area contributed by atoms with E-state index in [1.165, 1.54) is 23.4 Å². The minimum Gasteiger partial charge on any atom is -0.375 e. The number of rotatable bonds is 3. The fourth-order valence-electron chi connectivity index (χ4n) is 1.92. The fraction of sp³-hybridized carbons (Fsp3) is 0.750. The molecule has 1 atom stereocenters. The van der Waals surface area contributed by atoms with E-state index in [0.717, 1.165) is 24.5 Å². The Morgan fingerprint density at radius 3 is 2.94 bits per heavy atom. The summed E-state index contributed by atoms with van der Waals surface area (Å²) in [5.41, 5.74) is 6.93. The molecule has 92 valence electrons. The van der Waals surface area contributed by atoms with Crippen molar-refractivity contribution < 1.29 is 0 Å². The number of nitrogen functional groups attached to an aromatic ring is 1. The van der Waals surface area contributed by atoms with Crippen LogP contribution in [0.3, 0.4) is 0 Å². The van der Waals surface area contributed by atoms with Crippen LogP contribution in [0.1, 0.15) is 44.2 Å². The van der Waals surface area contributed by atoms with Crippen LogP contribution in [0, 0.1) is 0 Å². The zero-order valence-corrected chi connectivity index (χ0v) is 11.4. The first kappa shape index (κ1) is 13.5. The van der Waals surface area contributed by atoms with Gasteiger partial charge < -0.3 is 11.1 Å². The van der Waals surface area contributed by atoms with Crippen molar-refractivity contribution in [3.05, 3.63) is 10.6 Å². The average Bonchev–Trinajstić information content (AvgIpc) is 2.68. The van der Waals surface area contributed by atoms with E-state index < -0.39 is 0 Å². The van der Waals surface area contributed by atoms with Gasteiger partial charge in [-0.1, -0.05) is 20.8 Å². The van der Waals surface area contributed by atoms with Crippen LogP contribution in [0.15, 0.2) is 0 Å². The highest BCUT2D eigenvalue weighted by molar-refractivity contribution is 7.15. The summed E-state index contributed by atoms with van der Waals surface area (Å²) in [6.45, 7) is 7.32. The van der Waals surface area contributed by atoms with E-state index in [1.807, 2.05) is 13.8 Å². The highest BCUT2D eigenvalue weighted by atomic mass is 32.1. The van der Waals surface area contributed by atoms with Gasteiger partial charge in [-0.3, -0.25) is 0 Å². The summed E-state index contributed by atoms with van der Waals surface area (Å²) in [7, 11) is 0.